The molecule has 1 heterocycles. The van der Waals surface area contributed by atoms with E-state index < -0.39 is 0 Å². The second-order valence-electron chi connectivity index (χ2n) is 2.54. The molecule has 0 spiro atoms. The molecular formula is C7H12N2O. The van der Waals surface area contributed by atoms with Crippen LogP contribution >= 0.6 is 0 Å². The van der Waals surface area contributed by atoms with Crippen LogP contribution in [0.2, 0.25) is 0 Å². The van der Waals surface area contributed by atoms with Gasteiger partial charge in [0.25, 0.3) is 0 Å². The van der Waals surface area contributed by atoms with Crippen LogP contribution in [0.5, 0.6) is 5.88 Å². The molecule has 0 amide bonds. The monoisotopic (exact) mass is 140 g/mol. The average molecular weight is 140 g/mol. The Hall–Kier alpha value is -0.990. The predicted molar refractivity (Wildman–Crippen MR) is 39.1 cm³/mol. The quantitative estimate of drug-likeness (QED) is 0.676. The van der Waals surface area contributed by atoms with E-state index in [1.807, 2.05) is 26.8 Å². The fourth-order valence-corrected chi connectivity index (χ4v) is 0.712. The molecule has 1 rings (SSSR count). The van der Waals surface area contributed by atoms with Gasteiger partial charge in [0.15, 0.2) is 0 Å². The molecule has 10 heavy (non-hydrogen) atoms. The molecule has 0 fully saturated rings. The van der Waals surface area contributed by atoms with Gasteiger partial charge in [0.2, 0.25) is 5.88 Å². The number of hydrogen-bond donors (Lipinski definition) is 1. The van der Waals surface area contributed by atoms with Crippen molar-refractivity contribution in [3.8, 4) is 5.88 Å². The molecular weight excluding hydrogens is 128 g/mol. The minimum Gasteiger partial charge on any atom is -0.475 e. The third-order valence-electron chi connectivity index (χ3n) is 1.05. The summed E-state index contributed by atoms with van der Waals surface area (Å²) < 4.78 is 5.32. The molecule has 0 bridgehead atoms. The number of aromatic amines is 1. The standard InChI is InChI=1S/C7H12N2O/c1-5(2)10-7-4-6(3)8-9-7/h4-5H,1-3H3,(H,8,9). The summed E-state index contributed by atoms with van der Waals surface area (Å²) in [5, 5.41) is 6.68. The SMILES string of the molecule is Cc1cc(OC(C)C)[nH]n1. The molecule has 0 aliphatic heterocycles. The van der Waals surface area contributed by atoms with E-state index >= 15 is 0 Å². The van der Waals surface area contributed by atoms with Gasteiger partial charge in [-0.2, -0.15) is 5.10 Å². The highest BCUT2D eigenvalue weighted by Gasteiger charge is 1.98. The van der Waals surface area contributed by atoms with Crippen molar-refractivity contribution in [1.82, 2.24) is 10.2 Å². The normalized spacial score (nSPS) is 10.4. The van der Waals surface area contributed by atoms with Crippen LogP contribution in [0.25, 0.3) is 0 Å². The summed E-state index contributed by atoms with van der Waals surface area (Å²) >= 11 is 0. The van der Waals surface area contributed by atoms with Crippen LogP contribution < -0.4 is 4.74 Å². The van der Waals surface area contributed by atoms with Gasteiger partial charge in [0, 0.05) is 6.07 Å². The van der Waals surface area contributed by atoms with Gasteiger partial charge < -0.3 is 4.74 Å². The van der Waals surface area contributed by atoms with Gasteiger partial charge in [-0.25, -0.2) is 5.10 Å². The highest BCUT2D eigenvalue weighted by molar-refractivity contribution is 5.12. The Morgan fingerprint density at radius 3 is 2.70 bits per heavy atom. The van der Waals surface area contributed by atoms with Gasteiger partial charge in [0.05, 0.1) is 11.8 Å². The van der Waals surface area contributed by atoms with Crippen LogP contribution in [0.4, 0.5) is 0 Å². The Bertz CT molecular complexity index is 205. The molecule has 0 atom stereocenters. The minimum absolute atomic E-state index is 0.208. The molecule has 56 valence electrons. The van der Waals surface area contributed by atoms with Crippen molar-refractivity contribution in [2.75, 3.05) is 0 Å². The molecule has 0 aliphatic rings. The molecule has 3 nitrogen and oxygen atoms in total. The summed E-state index contributed by atoms with van der Waals surface area (Å²) in [7, 11) is 0. The summed E-state index contributed by atoms with van der Waals surface area (Å²) in [5.41, 5.74) is 0.954. The van der Waals surface area contributed by atoms with Crippen molar-refractivity contribution in [1.29, 1.82) is 0 Å². The van der Waals surface area contributed by atoms with Crippen LogP contribution in [0.3, 0.4) is 0 Å². The van der Waals surface area contributed by atoms with Crippen LogP contribution in [-0.4, -0.2) is 16.3 Å². The second kappa shape index (κ2) is 2.73. The predicted octanol–water partition coefficient (Wildman–Crippen LogP) is 1.51. The molecule has 1 aromatic rings. The lowest BCUT2D eigenvalue weighted by atomic mass is 10.4. The number of rotatable bonds is 2. The van der Waals surface area contributed by atoms with Gasteiger partial charge >= 0.3 is 0 Å². The topological polar surface area (TPSA) is 37.9 Å². The van der Waals surface area contributed by atoms with Crippen molar-refractivity contribution < 1.29 is 4.74 Å². The van der Waals surface area contributed by atoms with Crippen molar-refractivity contribution in [2.24, 2.45) is 0 Å². The summed E-state index contributed by atoms with van der Waals surface area (Å²) in [5.74, 6) is 0.743. The van der Waals surface area contributed by atoms with Gasteiger partial charge in [-0.3, -0.25) is 0 Å². The summed E-state index contributed by atoms with van der Waals surface area (Å²) in [4.78, 5) is 0. The van der Waals surface area contributed by atoms with Crippen LogP contribution in [0, 0.1) is 6.92 Å². The fraction of sp³-hybridized carbons (Fsp3) is 0.571. The minimum atomic E-state index is 0.208. The first-order valence-corrected chi connectivity index (χ1v) is 3.37. The molecule has 0 saturated heterocycles. The van der Waals surface area contributed by atoms with Gasteiger partial charge in [-0.15, -0.1) is 0 Å². The number of aromatic nitrogens is 2. The van der Waals surface area contributed by atoms with E-state index in [0.29, 0.717) is 0 Å². The third-order valence-corrected chi connectivity index (χ3v) is 1.05. The summed E-state index contributed by atoms with van der Waals surface area (Å²) in [6, 6.07) is 1.88. The number of aryl methyl sites for hydroxylation is 1. The van der Waals surface area contributed by atoms with E-state index in [1.54, 1.807) is 0 Å². The lowest BCUT2D eigenvalue weighted by molar-refractivity contribution is 0.232. The van der Waals surface area contributed by atoms with Crippen LogP contribution in [0.1, 0.15) is 19.5 Å². The van der Waals surface area contributed by atoms with Crippen molar-refractivity contribution >= 4 is 0 Å². The Labute approximate surface area is 60.4 Å². The average Bonchev–Trinajstić information content (AvgIpc) is 2.13. The lowest BCUT2D eigenvalue weighted by Gasteiger charge is -2.04. The molecule has 0 aromatic carbocycles. The van der Waals surface area contributed by atoms with E-state index in [1.165, 1.54) is 0 Å². The Kier molecular flexibility index (Phi) is 1.94. The fourth-order valence-electron chi connectivity index (χ4n) is 0.712. The molecule has 0 aliphatic carbocycles. The first kappa shape index (κ1) is 7.12. The zero-order valence-corrected chi connectivity index (χ0v) is 6.51. The van der Waals surface area contributed by atoms with Gasteiger partial charge in [-0.05, 0) is 20.8 Å². The van der Waals surface area contributed by atoms with E-state index in [9.17, 15) is 0 Å². The molecule has 1 N–H and O–H groups in total. The van der Waals surface area contributed by atoms with E-state index in [2.05, 4.69) is 10.2 Å². The van der Waals surface area contributed by atoms with E-state index in [-0.39, 0.29) is 6.10 Å². The highest BCUT2D eigenvalue weighted by atomic mass is 16.5. The van der Waals surface area contributed by atoms with Crippen LogP contribution in [-0.2, 0) is 0 Å². The molecule has 0 saturated carbocycles. The maximum absolute atomic E-state index is 5.32. The zero-order valence-electron chi connectivity index (χ0n) is 6.51. The number of H-pyrrole nitrogens is 1. The number of hydrogen-bond acceptors (Lipinski definition) is 2. The van der Waals surface area contributed by atoms with Crippen molar-refractivity contribution in [3.05, 3.63) is 11.8 Å². The maximum Gasteiger partial charge on any atom is 0.209 e. The van der Waals surface area contributed by atoms with E-state index in [0.717, 1.165) is 11.6 Å². The van der Waals surface area contributed by atoms with Crippen LogP contribution in [0.15, 0.2) is 6.07 Å². The number of nitrogens with one attached hydrogen (secondary N) is 1. The van der Waals surface area contributed by atoms with Gasteiger partial charge in [-0.1, -0.05) is 0 Å². The Balaban J connectivity index is 2.58. The number of nitrogens with zero attached hydrogens (tertiary/aromatic N) is 1. The first-order chi connectivity index (χ1) is 4.68. The Morgan fingerprint density at radius 2 is 2.30 bits per heavy atom. The molecule has 0 radical (unpaired) electrons. The largest absolute Gasteiger partial charge is 0.475 e. The molecule has 1 aromatic heterocycles. The number of ether oxygens (including phenoxy) is 1. The Morgan fingerprint density at radius 1 is 1.60 bits per heavy atom. The van der Waals surface area contributed by atoms with Gasteiger partial charge in [0.1, 0.15) is 0 Å². The van der Waals surface area contributed by atoms with E-state index in [4.69, 9.17) is 4.74 Å². The maximum atomic E-state index is 5.32. The second-order valence-corrected chi connectivity index (χ2v) is 2.54. The first-order valence-electron chi connectivity index (χ1n) is 3.37. The smallest absolute Gasteiger partial charge is 0.209 e. The third kappa shape index (κ3) is 1.76. The summed E-state index contributed by atoms with van der Waals surface area (Å²) in [6.45, 7) is 5.88. The summed E-state index contributed by atoms with van der Waals surface area (Å²) in [6.07, 6.45) is 0.208. The molecule has 0 unspecified atom stereocenters. The molecule has 3 heteroatoms. The van der Waals surface area contributed by atoms with Crippen molar-refractivity contribution in [3.63, 3.8) is 0 Å². The zero-order chi connectivity index (χ0) is 7.56. The van der Waals surface area contributed by atoms with Crippen molar-refractivity contribution in [2.45, 2.75) is 26.9 Å². The lowest BCUT2D eigenvalue weighted by Crippen LogP contribution is -2.05. The highest BCUT2D eigenvalue weighted by Crippen LogP contribution is 2.08.